The minimum Gasteiger partial charge on any atom is -0.387 e. The van der Waals surface area contributed by atoms with Crippen LogP contribution in [0.5, 0.6) is 0 Å². The Kier molecular flexibility index (Phi) is 2.15. The summed E-state index contributed by atoms with van der Waals surface area (Å²) in [7, 11) is 0. The first kappa shape index (κ1) is 9.05. The normalized spacial score (nSPS) is 15.7. The van der Waals surface area contributed by atoms with E-state index in [0.29, 0.717) is 16.1 Å². The van der Waals surface area contributed by atoms with E-state index in [4.69, 9.17) is 5.73 Å². The van der Waals surface area contributed by atoms with Crippen LogP contribution in [0, 0.1) is 0 Å². The first-order valence-corrected chi connectivity index (χ1v) is 4.34. The summed E-state index contributed by atoms with van der Waals surface area (Å²) < 4.78 is 0. The van der Waals surface area contributed by atoms with Crippen LogP contribution in [0.1, 0.15) is 11.7 Å². The van der Waals surface area contributed by atoms with E-state index in [-0.39, 0.29) is 12.5 Å². The van der Waals surface area contributed by atoms with Crippen molar-refractivity contribution in [3.05, 3.63) is 34.3 Å². The number of hydrogen-bond acceptors (Lipinski definition) is 3. The fourth-order valence-corrected chi connectivity index (χ4v) is 1.52. The second-order valence-electron chi connectivity index (χ2n) is 3.13. The molecule has 1 aromatic rings. The van der Waals surface area contributed by atoms with Crippen molar-refractivity contribution >= 4 is 12.0 Å². The Morgan fingerprint density at radius 3 is 3.00 bits per heavy atom. The zero-order chi connectivity index (χ0) is 10.1. The van der Waals surface area contributed by atoms with Crippen molar-refractivity contribution in [3.8, 4) is 0 Å². The van der Waals surface area contributed by atoms with Gasteiger partial charge in [0.1, 0.15) is 0 Å². The van der Waals surface area contributed by atoms with Gasteiger partial charge in [-0.2, -0.15) is 0 Å². The number of fused-ring (bicyclic) bond motifs is 1. The third-order valence-corrected chi connectivity index (χ3v) is 2.20. The first-order valence-electron chi connectivity index (χ1n) is 4.34. The van der Waals surface area contributed by atoms with Gasteiger partial charge in [-0.15, -0.1) is 0 Å². The highest BCUT2D eigenvalue weighted by Crippen LogP contribution is 2.04. The van der Waals surface area contributed by atoms with Gasteiger partial charge < -0.3 is 10.8 Å². The summed E-state index contributed by atoms with van der Waals surface area (Å²) in [6.45, 7) is 0.137. The molecule has 1 unspecified atom stereocenters. The van der Waals surface area contributed by atoms with Crippen LogP contribution in [-0.4, -0.2) is 17.6 Å². The van der Waals surface area contributed by atoms with Gasteiger partial charge in [-0.25, -0.2) is 4.99 Å². The topological polar surface area (TPSA) is 75.7 Å². The van der Waals surface area contributed by atoms with Crippen molar-refractivity contribution < 1.29 is 9.90 Å². The number of aliphatic hydroxyl groups is 1. The maximum Gasteiger partial charge on any atom is 0.270 e. The second-order valence-corrected chi connectivity index (χ2v) is 3.13. The zero-order valence-electron chi connectivity index (χ0n) is 7.47. The average molecular weight is 190 g/mol. The van der Waals surface area contributed by atoms with Crippen molar-refractivity contribution in [3.63, 3.8) is 0 Å². The largest absolute Gasteiger partial charge is 0.387 e. The number of carbonyl (C=O) groups is 1. The van der Waals surface area contributed by atoms with Crippen LogP contribution in [0.15, 0.2) is 23.2 Å². The lowest BCUT2D eigenvalue weighted by molar-refractivity contribution is -0.112. The molecule has 0 saturated heterocycles. The molecule has 1 amide bonds. The lowest BCUT2D eigenvalue weighted by Gasteiger charge is -2.07. The molecule has 14 heavy (non-hydrogen) atoms. The maximum absolute atomic E-state index is 11.0. The summed E-state index contributed by atoms with van der Waals surface area (Å²) in [6, 6.07) is 5.24. The summed E-state index contributed by atoms with van der Waals surface area (Å²) >= 11 is 0. The molecule has 0 aromatic heterocycles. The molecule has 72 valence electrons. The van der Waals surface area contributed by atoms with E-state index in [1.165, 1.54) is 6.08 Å². The highest BCUT2D eigenvalue weighted by Gasteiger charge is 2.11. The van der Waals surface area contributed by atoms with E-state index >= 15 is 0 Å². The lowest BCUT2D eigenvalue weighted by atomic mass is 10.1. The number of hydrogen-bond donors (Lipinski definition) is 2. The highest BCUT2D eigenvalue weighted by atomic mass is 16.3. The standard InChI is InChI=1S/C10H10N2O2/c11-5-9(13)6-2-1-3-8-7(6)4-10(14)12-8/h1-4,9,13H,5,11H2. The molecule has 4 heteroatoms. The predicted octanol–water partition coefficient (Wildman–Crippen LogP) is -1.38. The molecular formula is C10H10N2O2. The zero-order valence-corrected chi connectivity index (χ0v) is 7.47. The Labute approximate surface area is 80.4 Å². The van der Waals surface area contributed by atoms with Crippen molar-refractivity contribution in [1.82, 2.24) is 0 Å². The molecule has 0 bridgehead atoms. The van der Waals surface area contributed by atoms with E-state index in [9.17, 15) is 9.90 Å². The number of amides is 1. The Balaban J connectivity index is 2.68. The van der Waals surface area contributed by atoms with Gasteiger partial charge in [0.2, 0.25) is 0 Å². The summed E-state index contributed by atoms with van der Waals surface area (Å²) in [5, 5.41) is 10.9. The van der Waals surface area contributed by atoms with Gasteiger partial charge in [0.05, 0.1) is 11.5 Å². The van der Waals surface area contributed by atoms with Gasteiger partial charge in [-0.1, -0.05) is 12.1 Å². The first-order chi connectivity index (χ1) is 6.72. The van der Waals surface area contributed by atoms with Crippen LogP contribution in [0.3, 0.4) is 0 Å². The molecule has 1 atom stereocenters. The van der Waals surface area contributed by atoms with Crippen molar-refractivity contribution in [2.75, 3.05) is 6.54 Å². The van der Waals surface area contributed by atoms with E-state index in [0.717, 1.165) is 0 Å². The third-order valence-electron chi connectivity index (χ3n) is 2.20. The van der Waals surface area contributed by atoms with Crippen LogP contribution >= 0.6 is 0 Å². The smallest absolute Gasteiger partial charge is 0.270 e. The molecule has 1 aliphatic rings. The number of aliphatic hydroxyl groups excluding tert-OH is 1. The molecular weight excluding hydrogens is 180 g/mol. The molecule has 1 aromatic carbocycles. The molecule has 2 rings (SSSR count). The van der Waals surface area contributed by atoms with Gasteiger partial charge in [-0.3, -0.25) is 4.79 Å². The van der Waals surface area contributed by atoms with Crippen molar-refractivity contribution in [2.45, 2.75) is 6.10 Å². The fourth-order valence-electron chi connectivity index (χ4n) is 1.52. The molecule has 0 aliphatic carbocycles. The molecule has 4 nitrogen and oxygen atoms in total. The van der Waals surface area contributed by atoms with E-state index in [1.807, 2.05) is 0 Å². The second kappa shape index (κ2) is 3.32. The molecule has 1 aliphatic heterocycles. The monoisotopic (exact) mass is 190 g/mol. The number of carbonyl (C=O) groups excluding carboxylic acids is 1. The van der Waals surface area contributed by atoms with Gasteiger partial charge in [-0.05, 0) is 11.6 Å². The van der Waals surface area contributed by atoms with E-state index < -0.39 is 6.10 Å². The van der Waals surface area contributed by atoms with Crippen LogP contribution in [-0.2, 0) is 4.79 Å². The molecule has 3 N–H and O–H groups in total. The number of benzene rings is 1. The van der Waals surface area contributed by atoms with E-state index in [1.54, 1.807) is 18.2 Å². The Hall–Kier alpha value is -1.52. The van der Waals surface area contributed by atoms with Gasteiger partial charge in [0, 0.05) is 17.8 Å². The quantitative estimate of drug-likeness (QED) is 0.603. The molecule has 0 saturated carbocycles. The Morgan fingerprint density at radius 2 is 2.29 bits per heavy atom. The average Bonchev–Trinajstić information content (AvgIpc) is 2.56. The molecule has 0 radical (unpaired) electrons. The fraction of sp³-hybridized carbons (Fsp3) is 0.200. The van der Waals surface area contributed by atoms with Crippen LogP contribution in [0.25, 0.3) is 6.08 Å². The van der Waals surface area contributed by atoms with Gasteiger partial charge >= 0.3 is 0 Å². The number of nitrogens with zero attached hydrogens (tertiary/aromatic N) is 1. The summed E-state index contributed by atoms with van der Waals surface area (Å²) in [5.74, 6) is -0.281. The lowest BCUT2D eigenvalue weighted by Crippen LogP contribution is -2.29. The summed E-state index contributed by atoms with van der Waals surface area (Å²) in [4.78, 5) is 14.8. The number of nitrogens with two attached hydrogens (primary N) is 1. The molecule has 0 spiro atoms. The van der Waals surface area contributed by atoms with Gasteiger partial charge in [0.15, 0.2) is 0 Å². The summed E-state index contributed by atoms with van der Waals surface area (Å²) in [6.07, 6.45) is 0.686. The maximum atomic E-state index is 11.0. The van der Waals surface area contributed by atoms with E-state index in [2.05, 4.69) is 4.99 Å². The minimum atomic E-state index is -0.734. The minimum absolute atomic E-state index is 0.137. The highest BCUT2D eigenvalue weighted by molar-refractivity contribution is 6.06. The van der Waals surface area contributed by atoms with Crippen LogP contribution < -0.4 is 16.3 Å². The Bertz CT molecular complexity index is 493. The van der Waals surface area contributed by atoms with Crippen LogP contribution in [0.2, 0.25) is 0 Å². The SMILES string of the molecule is NCC(O)c1cccc2c1=CC(=O)N=2. The predicted molar refractivity (Wildman–Crippen MR) is 50.7 cm³/mol. The molecule has 0 fully saturated rings. The van der Waals surface area contributed by atoms with Crippen LogP contribution in [0.4, 0.5) is 0 Å². The van der Waals surface area contributed by atoms with Crippen molar-refractivity contribution in [1.29, 1.82) is 0 Å². The number of rotatable bonds is 2. The molecule has 1 heterocycles. The third kappa shape index (κ3) is 1.34. The Morgan fingerprint density at radius 1 is 1.50 bits per heavy atom. The van der Waals surface area contributed by atoms with Gasteiger partial charge in [0.25, 0.3) is 5.91 Å². The summed E-state index contributed by atoms with van der Waals surface area (Å²) in [5.41, 5.74) is 6.02. The van der Waals surface area contributed by atoms with Crippen molar-refractivity contribution in [2.24, 2.45) is 10.7 Å².